The summed E-state index contributed by atoms with van der Waals surface area (Å²) in [5.74, 6) is -0.461. The highest BCUT2D eigenvalue weighted by Crippen LogP contribution is 2.22. The third kappa shape index (κ3) is 2.19. The first-order valence-corrected chi connectivity index (χ1v) is 5.23. The van der Waals surface area contributed by atoms with Gasteiger partial charge in [-0.3, -0.25) is 4.79 Å². The number of pyridine rings is 1. The second-order valence-electron chi connectivity index (χ2n) is 3.67. The van der Waals surface area contributed by atoms with Gasteiger partial charge in [-0.25, -0.2) is 4.98 Å². The van der Waals surface area contributed by atoms with Gasteiger partial charge in [0.2, 0.25) is 5.91 Å². The lowest BCUT2D eigenvalue weighted by atomic mass is 10.1. The predicted octanol–water partition coefficient (Wildman–Crippen LogP) is -0.356. The van der Waals surface area contributed by atoms with E-state index in [1.54, 1.807) is 23.2 Å². The van der Waals surface area contributed by atoms with Gasteiger partial charge in [0.1, 0.15) is 12.1 Å². The third-order valence-electron chi connectivity index (χ3n) is 2.66. The number of carbonyl (C=O) groups is 1. The van der Waals surface area contributed by atoms with E-state index >= 15 is 0 Å². The molecule has 1 unspecified atom stereocenters. The van der Waals surface area contributed by atoms with Crippen molar-refractivity contribution in [3.63, 3.8) is 0 Å². The van der Waals surface area contributed by atoms with Gasteiger partial charge in [0, 0.05) is 12.7 Å². The lowest BCUT2D eigenvalue weighted by Crippen LogP contribution is -2.53. The van der Waals surface area contributed by atoms with Crippen LogP contribution in [-0.4, -0.2) is 36.7 Å². The van der Waals surface area contributed by atoms with Crippen molar-refractivity contribution in [1.29, 1.82) is 5.26 Å². The summed E-state index contributed by atoms with van der Waals surface area (Å²) in [6.07, 6.45) is 1.54. The van der Waals surface area contributed by atoms with Crippen molar-refractivity contribution >= 4 is 11.6 Å². The van der Waals surface area contributed by atoms with E-state index in [1.807, 2.05) is 6.07 Å². The third-order valence-corrected chi connectivity index (χ3v) is 2.66. The first-order chi connectivity index (χ1) is 8.24. The van der Waals surface area contributed by atoms with E-state index in [0.717, 1.165) is 0 Å². The van der Waals surface area contributed by atoms with Crippen LogP contribution in [-0.2, 0) is 9.53 Å². The highest BCUT2D eigenvalue weighted by Gasteiger charge is 2.29. The van der Waals surface area contributed by atoms with E-state index in [9.17, 15) is 4.79 Å². The molecule has 1 aromatic heterocycles. The molecule has 0 aromatic carbocycles. The van der Waals surface area contributed by atoms with Crippen LogP contribution >= 0.6 is 0 Å². The number of nitriles is 1. The number of nitrogens with two attached hydrogens (primary N) is 1. The molecule has 1 fully saturated rings. The van der Waals surface area contributed by atoms with Crippen LogP contribution in [0.25, 0.3) is 0 Å². The van der Waals surface area contributed by atoms with Gasteiger partial charge in [0.25, 0.3) is 0 Å². The summed E-state index contributed by atoms with van der Waals surface area (Å²) in [6, 6.07) is 4.95. The standard InChI is InChI=1S/C11H12N4O2/c12-6-8-9(2-1-3-14-8)15-4-5-17-7-10(15)11(13)16/h1-3,10H,4-5,7H2,(H2,13,16). The molecule has 1 saturated heterocycles. The van der Waals surface area contributed by atoms with Crippen LogP contribution < -0.4 is 10.6 Å². The molecule has 88 valence electrons. The summed E-state index contributed by atoms with van der Waals surface area (Å²) in [4.78, 5) is 17.1. The van der Waals surface area contributed by atoms with Gasteiger partial charge < -0.3 is 15.4 Å². The summed E-state index contributed by atoms with van der Waals surface area (Å²) in [6.45, 7) is 1.27. The van der Waals surface area contributed by atoms with Crippen LogP contribution in [0.2, 0.25) is 0 Å². The van der Waals surface area contributed by atoms with Gasteiger partial charge in [-0.15, -0.1) is 0 Å². The van der Waals surface area contributed by atoms with Crippen LogP contribution in [0.15, 0.2) is 18.3 Å². The monoisotopic (exact) mass is 232 g/mol. The summed E-state index contributed by atoms with van der Waals surface area (Å²) in [5.41, 5.74) is 6.24. The van der Waals surface area contributed by atoms with Crippen LogP contribution in [0.1, 0.15) is 5.69 Å². The Morgan fingerprint density at radius 3 is 3.24 bits per heavy atom. The molecule has 2 heterocycles. The summed E-state index contributed by atoms with van der Waals surface area (Å²) in [7, 11) is 0. The molecule has 0 radical (unpaired) electrons. The zero-order valence-electron chi connectivity index (χ0n) is 9.17. The van der Waals surface area contributed by atoms with Gasteiger partial charge in [-0.2, -0.15) is 5.26 Å². The average molecular weight is 232 g/mol. The highest BCUT2D eigenvalue weighted by molar-refractivity contribution is 5.84. The van der Waals surface area contributed by atoms with Crippen molar-refractivity contribution in [3.05, 3.63) is 24.0 Å². The fourth-order valence-electron chi connectivity index (χ4n) is 1.84. The molecule has 1 amide bonds. The molecule has 1 aliphatic rings. The van der Waals surface area contributed by atoms with E-state index in [2.05, 4.69) is 4.98 Å². The van der Waals surface area contributed by atoms with Crippen molar-refractivity contribution in [1.82, 2.24) is 4.98 Å². The number of ether oxygens (including phenoxy) is 1. The smallest absolute Gasteiger partial charge is 0.242 e. The number of rotatable bonds is 2. The Bertz CT molecular complexity index is 469. The molecule has 17 heavy (non-hydrogen) atoms. The van der Waals surface area contributed by atoms with E-state index in [4.69, 9.17) is 15.7 Å². The van der Waals surface area contributed by atoms with Crippen LogP contribution in [0.4, 0.5) is 5.69 Å². The molecule has 0 saturated carbocycles. The van der Waals surface area contributed by atoms with Crippen LogP contribution in [0, 0.1) is 11.3 Å². The van der Waals surface area contributed by atoms with Crippen molar-refractivity contribution in [3.8, 4) is 6.07 Å². The Hall–Kier alpha value is -2.13. The summed E-state index contributed by atoms with van der Waals surface area (Å²) in [5, 5.41) is 8.99. The number of nitrogens with zero attached hydrogens (tertiary/aromatic N) is 3. The molecular formula is C11H12N4O2. The van der Waals surface area contributed by atoms with Crippen molar-refractivity contribution in [2.24, 2.45) is 5.73 Å². The number of morpholine rings is 1. The quantitative estimate of drug-likeness (QED) is 0.752. The molecule has 0 bridgehead atoms. The fraction of sp³-hybridized carbons (Fsp3) is 0.364. The molecule has 1 atom stereocenters. The van der Waals surface area contributed by atoms with Gasteiger partial charge in [0.15, 0.2) is 5.69 Å². The maximum Gasteiger partial charge on any atom is 0.242 e. The Morgan fingerprint density at radius 2 is 2.53 bits per heavy atom. The maximum absolute atomic E-state index is 11.3. The highest BCUT2D eigenvalue weighted by atomic mass is 16.5. The molecule has 0 spiro atoms. The average Bonchev–Trinajstić information content (AvgIpc) is 2.38. The van der Waals surface area contributed by atoms with Gasteiger partial charge in [-0.05, 0) is 12.1 Å². The Balaban J connectivity index is 2.36. The number of amides is 1. The summed E-state index contributed by atoms with van der Waals surface area (Å²) < 4.78 is 5.22. The van der Waals surface area contributed by atoms with E-state index < -0.39 is 11.9 Å². The fourth-order valence-corrected chi connectivity index (χ4v) is 1.84. The minimum atomic E-state index is -0.542. The molecule has 0 aliphatic carbocycles. The number of primary amides is 1. The lowest BCUT2D eigenvalue weighted by molar-refractivity contribution is -0.121. The number of hydrogen-bond acceptors (Lipinski definition) is 5. The Morgan fingerprint density at radius 1 is 1.71 bits per heavy atom. The number of hydrogen-bond donors (Lipinski definition) is 1. The molecule has 1 aromatic rings. The second-order valence-corrected chi connectivity index (χ2v) is 3.67. The van der Waals surface area contributed by atoms with Crippen LogP contribution in [0.3, 0.4) is 0 Å². The topological polar surface area (TPSA) is 92.2 Å². The predicted molar refractivity (Wildman–Crippen MR) is 60.1 cm³/mol. The first-order valence-electron chi connectivity index (χ1n) is 5.23. The van der Waals surface area contributed by atoms with Crippen molar-refractivity contribution in [2.45, 2.75) is 6.04 Å². The number of aromatic nitrogens is 1. The zero-order valence-corrected chi connectivity index (χ0v) is 9.17. The molecule has 1 aliphatic heterocycles. The van der Waals surface area contributed by atoms with Crippen molar-refractivity contribution in [2.75, 3.05) is 24.7 Å². The van der Waals surface area contributed by atoms with Gasteiger partial charge in [0.05, 0.1) is 18.9 Å². The molecular weight excluding hydrogens is 220 g/mol. The number of anilines is 1. The molecule has 2 N–H and O–H groups in total. The van der Waals surface area contributed by atoms with Crippen molar-refractivity contribution < 1.29 is 9.53 Å². The SMILES string of the molecule is N#Cc1ncccc1N1CCOCC1C(N)=O. The first kappa shape index (κ1) is 11.4. The Kier molecular flexibility index (Phi) is 3.21. The minimum Gasteiger partial charge on any atom is -0.377 e. The molecule has 6 heteroatoms. The molecule has 6 nitrogen and oxygen atoms in total. The lowest BCUT2D eigenvalue weighted by Gasteiger charge is -2.35. The normalized spacial score (nSPS) is 19.7. The van der Waals surface area contributed by atoms with Crippen LogP contribution in [0.5, 0.6) is 0 Å². The Labute approximate surface area is 98.6 Å². The minimum absolute atomic E-state index is 0.245. The van der Waals surface area contributed by atoms with E-state index in [-0.39, 0.29) is 6.61 Å². The summed E-state index contributed by atoms with van der Waals surface area (Å²) >= 11 is 0. The second kappa shape index (κ2) is 4.80. The largest absolute Gasteiger partial charge is 0.377 e. The van der Waals surface area contributed by atoms with E-state index in [1.165, 1.54) is 0 Å². The van der Waals surface area contributed by atoms with Gasteiger partial charge >= 0.3 is 0 Å². The maximum atomic E-state index is 11.3. The number of carbonyl (C=O) groups excluding carboxylic acids is 1. The van der Waals surface area contributed by atoms with E-state index in [0.29, 0.717) is 24.5 Å². The molecule has 2 rings (SSSR count). The zero-order chi connectivity index (χ0) is 12.3. The van der Waals surface area contributed by atoms with Gasteiger partial charge in [-0.1, -0.05) is 0 Å².